The van der Waals surface area contributed by atoms with Crippen molar-refractivity contribution in [2.75, 3.05) is 6.54 Å². The first-order valence-electron chi connectivity index (χ1n) is 5.98. The molecule has 1 rings (SSSR count). The first kappa shape index (κ1) is 15.3. The van der Waals surface area contributed by atoms with Gasteiger partial charge in [-0.25, -0.2) is 0 Å². The van der Waals surface area contributed by atoms with Crippen molar-refractivity contribution in [2.45, 2.75) is 38.4 Å². The van der Waals surface area contributed by atoms with Gasteiger partial charge in [0.2, 0.25) is 0 Å². The van der Waals surface area contributed by atoms with Crippen LogP contribution in [0.2, 0.25) is 5.02 Å². The van der Waals surface area contributed by atoms with Crippen LogP contribution in [0.1, 0.15) is 37.8 Å². The average molecular weight is 280 g/mol. The summed E-state index contributed by atoms with van der Waals surface area (Å²) in [6.45, 7) is 2.65. The highest BCUT2D eigenvalue weighted by molar-refractivity contribution is 6.31. The number of alkyl halides is 3. The maximum Gasteiger partial charge on any atom is 0.389 e. The molecule has 5 heteroatoms. The minimum absolute atomic E-state index is 0.00718. The predicted molar refractivity (Wildman–Crippen MR) is 67.8 cm³/mol. The molecule has 102 valence electrons. The second-order valence-electron chi connectivity index (χ2n) is 4.18. The summed E-state index contributed by atoms with van der Waals surface area (Å²) in [4.78, 5) is 0. The third kappa shape index (κ3) is 5.27. The van der Waals surface area contributed by atoms with Crippen LogP contribution < -0.4 is 5.32 Å². The van der Waals surface area contributed by atoms with Gasteiger partial charge < -0.3 is 5.32 Å². The zero-order valence-corrected chi connectivity index (χ0v) is 11.0. The molecule has 18 heavy (non-hydrogen) atoms. The van der Waals surface area contributed by atoms with Crippen LogP contribution in [-0.4, -0.2) is 12.7 Å². The first-order valence-corrected chi connectivity index (χ1v) is 6.36. The Kier molecular flexibility index (Phi) is 5.96. The van der Waals surface area contributed by atoms with Gasteiger partial charge in [-0.15, -0.1) is 0 Å². The Bertz CT molecular complexity index is 365. The highest BCUT2D eigenvalue weighted by Gasteiger charge is 2.29. The van der Waals surface area contributed by atoms with Gasteiger partial charge in [0.1, 0.15) is 0 Å². The van der Waals surface area contributed by atoms with Crippen LogP contribution in [-0.2, 0) is 0 Å². The van der Waals surface area contributed by atoms with Crippen molar-refractivity contribution in [1.82, 2.24) is 5.32 Å². The van der Waals surface area contributed by atoms with Crippen molar-refractivity contribution in [3.05, 3.63) is 34.9 Å². The molecule has 0 aliphatic carbocycles. The number of nitrogens with one attached hydrogen (secondary N) is 1. The fraction of sp³-hybridized carbons (Fsp3) is 0.538. The summed E-state index contributed by atoms with van der Waals surface area (Å²) in [7, 11) is 0. The summed E-state index contributed by atoms with van der Waals surface area (Å²) < 4.78 is 36.9. The van der Waals surface area contributed by atoms with Crippen molar-refractivity contribution < 1.29 is 13.2 Å². The third-order valence-electron chi connectivity index (χ3n) is 2.64. The second kappa shape index (κ2) is 7.00. The maximum atomic E-state index is 12.3. The van der Waals surface area contributed by atoms with E-state index in [0.717, 1.165) is 12.0 Å². The summed E-state index contributed by atoms with van der Waals surface area (Å²) in [5.41, 5.74) is 0.733. The molecule has 0 aliphatic heterocycles. The molecule has 0 amide bonds. The van der Waals surface area contributed by atoms with Crippen molar-refractivity contribution >= 4 is 11.6 Å². The fourth-order valence-electron chi connectivity index (χ4n) is 1.75. The van der Waals surface area contributed by atoms with Gasteiger partial charge in [-0.05, 0) is 31.0 Å². The van der Waals surface area contributed by atoms with E-state index in [2.05, 4.69) is 5.32 Å². The van der Waals surface area contributed by atoms with E-state index in [-0.39, 0.29) is 12.5 Å². The van der Waals surface area contributed by atoms with Crippen molar-refractivity contribution in [3.63, 3.8) is 0 Å². The highest BCUT2D eigenvalue weighted by Crippen LogP contribution is 2.30. The molecule has 1 aromatic carbocycles. The zero-order valence-electron chi connectivity index (χ0n) is 10.2. The van der Waals surface area contributed by atoms with E-state index in [1.807, 2.05) is 6.92 Å². The van der Waals surface area contributed by atoms with Gasteiger partial charge in [0.25, 0.3) is 0 Å². The number of hydrogen-bond acceptors (Lipinski definition) is 1. The number of rotatable bonds is 6. The quantitative estimate of drug-likeness (QED) is 0.794. The normalized spacial score (nSPS) is 13.6. The molecule has 1 aromatic rings. The molecule has 1 N–H and O–H groups in total. The van der Waals surface area contributed by atoms with Gasteiger partial charge in [0.15, 0.2) is 0 Å². The summed E-state index contributed by atoms with van der Waals surface area (Å²) in [6, 6.07) is 6.68. The number of halogens is 4. The first-order chi connectivity index (χ1) is 8.44. The molecule has 0 radical (unpaired) electrons. The Hall–Kier alpha value is -0.740. The smallest absolute Gasteiger partial charge is 0.310 e. The van der Waals surface area contributed by atoms with Crippen molar-refractivity contribution in [3.8, 4) is 0 Å². The molecule has 0 bridgehead atoms. The van der Waals surface area contributed by atoms with E-state index >= 15 is 0 Å². The lowest BCUT2D eigenvalue weighted by molar-refractivity contribution is -0.136. The molecule has 0 heterocycles. The topological polar surface area (TPSA) is 12.0 Å². The van der Waals surface area contributed by atoms with E-state index in [4.69, 9.17) is 11.6 Å². The molecule has 0 saturated carbocycles. The lowest BCUT2D eigenvalue weighted by Gasteiger charge is -2.20. The molecule has 0 spiro atoms. The summed E-state index contributed by atoms with van der Waals surface area (Å²) in [5.74, 6) is 0. The highest BCUT2D eigenvalue weighted by atomic mass is 35.5. The lowest BCUT2D eigenvalue weighted by atomic mass is 10.0. The Morgan fingerprint density at radius 3 is 2.50 bits per heavy atom. The molecule has 1 unspecified atom stereocenters. The molecule has 0 aromatic heterocycles. The molecule has 0 aliphatic rings. The molecular formula is C13H17ClF3N. The van der Waals surface area contributed by atoms with Crippen LogP contribution in [0.15, 0.2) is 24.3 Å². The minimum atomic E-state index is -4.13. The second-order valence-corrected chi connectivity index (χ2v) is 4.59. The molecule has 1 atom stereocenters. The summed E-state index contributed by atoms with van der Waals surface area (Å²) in [5, 5.41) is 3.62. The Labute approximate surface area is 110 Å². The number of benzene rings is 1. The van der Waals surface area contributed by atoms with E-state index in [1.165, 1.54) is 0 Å². The fourth-order valence-corrected chi connectivity index (χ4v) is 2.02. The summed E-state index contributed by atoms with van der Waals surface area (Å²) in [6.07, 6.45) is -4.06. The van der Waals surface area contributed by atoms with Gasteiger partial charge >= 0.3 is 6.18 Å². The largest absolute Gasteiger partial charge is 0.389 e. The molecular weight excluding hydrogens is 263 g/mol. The maximum absolute atomic E-state index is 12.3. The Balaban J connectivity index is 2.75. The van der Waals surface area contributed by atoms with E-state index in [9.17, 15) is 13.2 Å². The van der Waals surface area contributed by atoms with E-state index in [0.29, 0.717) is 11.6 Å². The Morgan fingerprint density at radius 1 is 1.28 bits per heavy atom. The minimum Gasteiger partial charge on any atom is -0.310 e. The van der Waals surface area contributed by atoms with Crippen LogP contribution in [0.3, 0.4) is 0 Å². The standard InChI is InChI=1S/C13H17ClF3N/c1-2-9-18-12(7-8-13(15,16)17)10-5-3-4-6-11(10)14/h3-6,12,18H,2,7-9H2,1H3. The number of hydrogen-bond donors (Lipinski definition) is 1. The van der Waals surface area contributed by atoms with Crippen LogP contribution in [0.4, 0.5) is 13.2 Å². The van der Waals surface area contributed by atoms with E-state index in [1.54, 1.807) is 24.3 Å². The van der Waals surface area contributed by atoms with Crippen molar-refractivity contribution in [1.29, 1.82) is 0 Å². The SMILES string of the molecule is CCCNC(CCC(F)(F)F)c1ccccc1Cl. The van der Waals surface area contributed by atoms with Crippen LogP contribution in [0.25, 0.3) is 0 Å². The molecule has 0 fully saturated rings. The van der Waals surface area contributed by atoms with Gasteiger partial charge in [-0.2, -0.15) is 13.2 Å². The van der Waals surface area contributed by atoms with Gasteiger partial charge in [0, 0.05) is 17.5 Å². The van der Waals surface area contributed by atoms with Crippen LogP contribution in [0, 0.1) is 0 Å². The van der Waals surface area contributed by atoms with E-state index < -0.39 is 12.6 Å². The van der Waals surface area contributed by atoms with Gasteiger partial charge in [0.05, 0.1) is 0 Å². The van der Waals surface area contributed by atoms with Crippen LogP contribution >= 0.6 is 11.6 Å². The van der Waals surface area contributed by atoms with Crippen LogP contribution in [0.5, 0.6) is 0 Å². The lowest BCUT2D eigenvalue weighted by Crippen LogP contribution is -2.24. The predicted octanol–water partition coefficient (Wildman–Crippen LogP) is 4.72. The van der Waals surface area contributed by atoms with Gasteiger partial charge in [-0.3, -0.25) is 0 Å². The molecule has 1 nitrogen and oxygen atoms in total. The zero-order chi connectivity index (χ0) is 13.6. The summed E-state index contributed by atoms with van der Waals surface area (Å²) >= 11 is 6.03. The Morgan fingerprint density at radius 2 is 1.94 bits per heavy atom. The van der Waals surface area contributed by atoms with Crippen molar-refractivity contribution in [2.24, 2.45) is 0 Å². The monoisotopic (exact) mass is 279 g/mol. The molecule has 0 saturated heterocycles. The van der Waals surface area contributed by atoms with Gasteiger partial charge in [-0.1, -0.05) is 36.7 Å². The average Bonchev–Trinajstić information content (AvgIpc) is 2.29. The third-order valence-corrected chi connectivity index (χ3v) is 2.98.